The average molecular weight is 272 g/mol. The Labute approximate surface area is 111 Å². The van der Waals surface area contributed by atoms with Crippen molar-refractivity contribution in [2.45, 2.75) is 32.2 Å². The van der Waals surface area contributed by atoms with Crippen LogP contribution >= 0.6 is 0 Å². The van der Waals surface area contributed by atoms with Crippen LogP contribution in [0.25, 0.3) is 0 Å². The molecule has 0 spiro atoms. The number of nitrogens with one attached hydrogen (secondary N) is 1. The molecule has 106 valence electrons. The van der Waals surface area contributed by atoms with E-state index in [1.807, 2.05) is 4.90 Å². The zero-order chi connectivity index (χ0) is 13.8. The first kappa shape index (κ1) is 14.2. The van der Waals surface area contributed by atoms with Crippen molar-refractivity contribution in [1.82, 2.24) is 5.32 Å². The molecule has 1 aromatic rings. The molecule has 1 aliphatic heterocycles. The number of halogens is 3. The van der Waals surface area contributed by atoms with Crippen LogP contribution in [0.4, 0.5) is 18.9 Å². The Morgan fingerprint density at radius 2 is 1.95 bits per heavy atom. The molecule has 1 aliphatic rings. The van der Waals surface area contributed by atoms with Crippen LogP contribution in [0.3, 0.4) is 0 Å². The van der Waals surface area contributed by atoms with Crippen LogP contribution in [0.2, 0.25) is 0 Å². The standard InChI is InChI=1S/C14H19F3N2/c1-2-5-18-10-4-3-6-19(9-10)11-7-12(15)14(17)13(16)8-11/h7-8,10,18H,2-6,9H2,1H3. The number of hydrogen-bond acceptors (Lipinski definition) is 2. The summed E-state index contributed by atoms with van der Waals surface area (Å²) >= 11 is 0. The smallest absolute Gasteiger partial charge is 0.194 e. The van der Waals surface area contributed by atoms with Crippen LogP contribution in [0.1, 0.15) is 26.2 Å². The Hall–Kier alpha value is -1.23. The second kappa shape index (κ2) is 6.28. The van der Waals surface area contributed by atoms with Crippen molar-refractivity contribution >= 4 is 5.69 Å². The van der Waals surface area contributed by atoms with E-state index in [9.17, 15) is 13.2 Å². The number of hydrogen-bond donors (Lipinski definition) is 1. The fourth-order valence-corrected chi connectivity index (χ4v) is 2.45. The molecule has 1 fully saturated rings. The van der Waals surface area contributed by atoms with E-state index in [-0.39, 0.29) is 0 Å². The van der Waals surface area contributed by atoms with Gasteiger partial charge >= 0.3 is 0 Å². The molecule has 1 unspecified atom stereocenters. The van der Waals surface area contributed by atoms with Gasteiger partial charge in [-0.05, 0) is 25.8 Å². The summed E-state index contributed by atoms with van der Waals surface area (Å²) in [6, 6.07) is 2.46. The predicted octanol–water partition coefficient (Wildman–Crippen LogP) is 3.07. The van der Waals surface area contributed by atoms with Gasteiger partial charge in [-0.3, -0.25) is 0 Å². The Morgan fingerprint density at radius 1 is 1.26 bits per heavy atom. The second-order valence-corrected chi connectivity index (χ2v) is 4.96. The number of piperidine rings is 1. The molecule has 19 heavy (non-hydrogen) atoms. The van der Waals surface area contributed by atoms with Gasteiger partial charge in [-0.25, -0.2) is 13.2 Å². The Bertz CT molecular complexity index is 414. The van der Waals surface area contributed by atoms with E-state index in [1.165, 1.54) is 0 Å². The zero-order valence-corrected chi connectivity index (χ0v) is 11.1. The first-order valence-corrected chi connectivity index (χ1v) is 6.74. The van der Waals surface area contributed by atoms with Crippen molar-refractivity contribution in [3.8, 4) is 0 Å². The maximum Gasteiger partial charge on any atom is 0.194 e. The van der Waals surface area contributed by atoms with Crippen molar-refractivity contribution in [1.29, 1.82) is 0 Å². The highest BCUT2D eigenvalue weighted by Crippen LogP contribution is 2.24. The van der Waals surface area contributed by atoms with E-state index in [2.05, 4.69) is 12.2 Å². The van der Waals surface area contributed by atoms with E-state index >= 15 is 0 Å². The maximum atomic E-state index is 13.2. The van der Waals surface area contributed by atoms with E-state index < -0.39 is 17.5 Å². The quantitative estimate of drug-likeness (QED) is 0.847. The summed E-state index contributed by atoms with van der Waals surface area (Å²) in [6.45, 7) is 4.47. The van der Waals surface area contributed by atoms with Gasteiger partial charge in [0.25, 0.3) is 0 Å². The fourth-order valence-electron chi connectivity index (χ4n) is 2.45. The summed E-state index contributed by atoms with van der Waals surface area (Å²) in [4.78, 5) is 1.91. The van der Waals surface area contributed by atoms with Gasteiger partial charge in [0, 0.05) is 37.0 Å². The average Bonchev–Trinajstić information content (AvgIpc) is 2.42. The van der Waals surface area contributed by atoms with Crippen LogP contribution in [-0.4, -0.2) is 25.7 Å². The highest BCUT2D eigenvalue weighted by molar-refractivity contribution is 5.47. The summed E-state index contributed by atoms with van der Waals surface area (Å²) in [6.07, 6.45) is 3.07. The molecule has 1 saturated heterocycles. The molecule has 0 bridgehead atoms. The topological polar surface area (TPSA) is 15.3 Å². The molecule has 0 aliphatic carbocycles. The highest BCUT2D eigenvalue weighted by Gasteiger charge is 2.21. The van der Waals surface area contributed by atoms with Crippen LogP contribution in [0, 0.1) is 17.5 Å². The lowest BCUT2D eigenvalue weighted by atomic mass is 10.0. The summed E-state index contributed by atoms with van der Waals surface area (Å²) in [7, 11) is 0. The largest absolute Gasteiger partial charge is 0.370 e. The number of nitrogens with zero attached hydrogens (tertiary/aromatic N) is 1. The van der Waals surface area contributed by atoms with Crippen molar-refractivity contribution in [2.75, 3.05) is 24.5 Å². The van der Waals surface area contributed by atoms with Crippen LogP contribution in [0.5, 0.6) is 0 Å². The van der Waals surface area contributed by atoms with Gasteiger partial charge < -0.3 is 10.2 Å². The number of anilines is 1. The van der Waals surface area contributed by atoms with Crippen LogP contribution in [0.15, 0.2) is 12.1 Å². The lowest BCUT2D eigenvalue weighted by molar-refractivity contribution is 0.419. The molecule has 5 heteroatoms. The second-order valence-electron chi connectivity index (χ2n) is 4.96. The third kappa shape index (κ3) is 3.41. The van der Waals surface area contributed by atoms with Crippen molar-refractivity contribution in [3.05, 3.63) is 29.6 Å². The minimum absolute atomic E-state index is 0.324. The lowest BCUT2D eigenvalue weighted by Crippen LogP contribution is -2.46. The Morgan fingerprint density at radius 3 is 2.58 bits per heavy atom. The monoisotopic (exact) mass is 272 g/mol. The fraction of sp³-hybridized carbons (Fsp3) is 0.571. The minimum atomic E-state index is -1.40. The summed E-state index contributed by atoms with van der Waals surface area (Å²) in [5.74, 6) is -3.65. The zero-order valence-electron chi connectivity index (χ0n) is 11.1. The van der Waals surface area contributed by atoms with Crippen molar-refractivity contribution in [2.24, 2.45) is 0 Å². The summed E-state index contributed by atoms with van der Waals surface area (Å²) in [5.41, 5.74) is 0.416. The molecular weight excluding hydrogens is 253 g/mol. The summed E-state index contributed by atoms with van der Waals surface area (Å²) in [5, 5.41) is 3.41. The molecule has 0 aromatic heterocycles. The van der Waals surface area contributed by atoms with E-state index in [0.29, 0.717) is 18.3 Å². The number of rotatable bonds is 4. The maximum absolute atomic E-state index is 13.2. The third-order valence-electron chi connectivity index (χ3n) is 3.44. The molecule has 0 radical (unpaired) electrons. The summed E-state index contributed by atoms with van der Waals surface area (Å²) < 4.78 is 39.4. The molecule has 1 atom stereocenters. The SMILES string of the molecule is CCCNC1CCCN(c2cc(F)c(F)c(F)c2)C1. The lowest BCUT2D eigenvalue weighted by Gasteiger charge is -2.35. The van der Waals surface area contributed by atoms with Gasteiger partial charge in [-0.2, -0.15) is 0 Å². The highest BCUT2D eigenvalue weighted by atomic mass is 19.2. The molecule has 0 amide bonds. The molecule has 1 aromatic carbocycles. The molecular formula is C14H19F3N2. The van der Waals surface area contributed by atoms with E-state index in [1.54, 1.807) is 0 Å². The van der Waals surface area contributed by atoms with E-state index in [4.69, 9.17) is 0 Å². The van der Waals surface area contributed by atoms with Gasteiger partial charge in [0.2, 0.25) is 0 Å². The minimum Gasteiger partial charge on any atom is -0.370 e. The van der Waals surface area contributed by atoms with Crippen molar-refractivity contribution in [3.63, 3.8) is 0 Å². The Balaban J connectivity index is 2.08. The van der Waals surface area contributed by atoms with Gasteiger partial charge in [0.15, 0.2) is 17.5 Å². The normalized spacial score (nSPS) is 19.8. The molecule has 1 N–H and O–H groups in total. The van der Waals surface area contributed by atoms with Gasteiger partial charge in [-0.1, -0.05) is 6.92 Å². The Kier molecular flexibility index (Phi) is 4.69. The van der Waals surface area contributed by atoms with Crippen LogP contribution in [-0.2, 0) is 0 Å². The van der Waals surface area contributed by atoms with Gasteiger partial charge in [0.05, 0.1) is 0 Å². The molecule has 1 heterocycles. The molecule has 2 rings (SSSR count). The number of benzene rings is 1. The van der Waals surface area contributed by atoms with Gasteiger partial charge in [-0.15, -0.1) is 0 Å². The van der Waals surface area contributed by atoms with Crippen molar-refractivity contribution < 1.29 is 13.2 Å². The first-order valence-electron chi connectivity index (χ1n) is 6.74. The molecule has 2 nitrogen and oxygen atoms in total. The van der Waals surface area contributed by atoms with Gasteiger partial charge in [0.1, 0.15) is 0 Å². The predicted molar refractivity (Wildman–Crippen MR) is 69.8 cm³/mol. The molecule has 0 saturated carbocycles. The first-order chi connectivity index (χ1) is 9.11. The van der Waals surface area contributed by atoms with E-state index in [0.717, 1.165) is 44.5 Å². The van der Waals surface area contributed by atoms with Crippen LogP contribution < -0.4 is 10.2 Å². The third-order valence-corrected chi connectivity index (χ3v) is 3.44.